The van der Waals surface area contributed by atoms with Gasteiger partial charge < -0.3 is 10.6 Å². The fourth-order valence-electron chi connectivity index (χ4n) is 1.83. The van der Waals surface area contributed by atoms with Crippen molar-refractivity contribution in [1.82, 2.24) is 10.6 Å². The minimum atomic E-state index is -0.00479. The lowest BCUT2D eigenvalue weighted by Gasteiger charge is -2.08. The Labute approximate surface area is 114 Å². The van der Waals surface area contributed by atoms with Crippen molar-refractivity contribution in [3.8, 4) is 0 Å². The van der Waals surface area contributed by atoms with Gasteiger partial charge in [0.25, 0.3) is 5.91 Å². The third-order valence-corrected chi connectivity index (χ3v) is 3.39. The first kappa shape index (κ1) is 13.4. The minimum absolute atomic E-state index is 0.00479. The standard InChI is InChI=1S/C14H20N2OS/c1-10-3-6-12(18)9-13(10)14(17)16-8-2-7-15-11-4-5-11/h3,6,9,11,15,18H,2,4-5,7-8H2,1H3,(H,16,17). The predicted octanol–water partition coefficient (Wildman–Crippen LogP) is 2.16. The summed E-state index contributed by atoms with van der Waals surface area (Å²) in [5, 5.41) is 6.38. The van der Waals surface area contributed by atoms with E-state index in [4.69, 9.17) is 0 Å². The number of carbonyl (C=O) groups is 1. The Bertz CT molecular complexity index is 430. The summed E-state index contributed by atoms with van der Waals surface area (Å²) < 4.78 is 0. The molecule has 1 aliphatic rings. The van der Waals surface area contributed by atoms with E-state index in [1.54, 1.807) is 0 Å². The molecule has 0 aromatic heterocycles. The summed E-state index contributed by atoms with van der Waals surface area (Å²) in [4.78, 5) is 12.8. The highest BCUT2D eigenvalue weighted by Gasteiger charge is 2.19. The van der Waals surface area contributed by atoms with Crippen LogP contribution in [-0.2, 0) is 0 Å². The van der Waals surface area contributed by atoms with Gasteiger partial charge in [0, 0.05) is 23.0 Å². The quantitative estimate of drug-likeness (QED) is 0.544. The van der Waals surface area contributed by atoms with E-state index in [-0.39, 0.29) is 5.91 Å². The molecule has 0 aliphatic heterocycles. The molecule has 98 valence electrons. The molecule has 0 bridgehead atoms. The fraction of sp³-hybridized carbons (Fsp3) is 0.500. The van der Waals surface area contributed by atoms with Gasteiger partial charge >= 0.3 is 0 Å². The average Bonchev–Trinajstić information content (AvgIpc) is 3.15. The fourth-order valence-corrected chi connectivity index (χ4v) is 2.04. The highest BCUT2D eigenvalue weighted by Crippen LogP contribution is 2.18. The first-order chi connectivity index (χ1) is 8.66. The van der Waals surface area contributed by atoms with Crippen LogP contribution in [0, 0.1) is 6.92 Å². The Morgan fingerprint density at radius 3 is 2.89 bits per heavy atom. The maximum absolute atomic E-state index is 12.0. The highest BCUT2D eigenvalue weighted by atomic mass is 32.1. The van der Waals surface area contributed by atoms with Gasteiger partial charge in [0.2, 0.25) is 0 Å². The lowest BCUT2D eigenvalue weighted by atomic mass is 10.1. The van der Waals surface area contributed by atoms with Crippen molar-refractivity contribution in [1.29, 1.82) is 0 Å². The number of rotatable bonds is 6. The molecule has 0 atom stereocenters. The maximum atomic E-state index is 12.0. The smallest absolute Gasteiger partial charge is 0.251 e. The van der Waals surface area contributed by atoms with Gasteiger partial charge in [0.05, 0.1) is 0 Å². The lowest BCUT2D eigenvalue weighted by Crippen LogP contribution is -2.28. The predicted molar refractivity (Wildman–Crippen MR) is 76.4 cm³/mol. The van der Waals surface area contributed by atoms with Crippen LogP contribution in [0.4, 0.5) is 0 Å². The molecular weight excluding hydrogens is 244 g/mol. The number of thiol groups is 1. The van der Waals surface area contributed by atoms with E-state index in [1.807, 2.05) is 25.1 Å². The van der Waals surface area contributed by atoms with Crippen LogP contribution in [-0.4, -0.2) is 25.0 Å². The van der Waals surface area contributed by atoms with Crippen LogP contribution in [0.5, 0.6) is 0 Å². The molecule has 3 nitrogen and oxygen atoms in total. The molecular formula is C14H20N2OS. The lowest BCUT2D eigenvalue weighted by molar-refractivity contribution is 0.0952. The summed E-state index contributed by atoms with van der Waals surface area (Å²) in [6.07, 6.45) is 3.59. The zero-order valence-electron chi connectivity index (χ0n) is 10.7. The van der Waals surface area contributed by atoms with Crippen molar-refractivity contribution in [2.75, 3.05) is 13.1 Å². The van der Waals surface area contributed by atoms with E-state index in [0.717, 1.165) is 41.6 Å². The molecule has 1 fully saturated rings. The summed E-state index contributed by atoms with van der Waals surface area (Å²) in [6.45, 7) is 3.64. The number of amides is 1. The summed E-state index contributed by atoms with van der Waals surface area (Å²) in [5.41, 5.74) is 1.71. The van der Waals surface area contributed by atoms with Gasteiger partial charge in [-0.3, -0.25) is 4.79 Å². The van der Waals surface area contributed by atoms with E-state index in [0.29, 0.717) is 0 Å². The van der Waals surface area contributed by atoms with Gasteiger partial charge in [-0.2, -0.15) is 0 Å². The summed E-state index contributed by atoms with van der Waals surface area (Å²) in [6, 6.07) is 6.38. The van der Waals surface area contributed by atoms with Crippen LogP contribution in [0.3, 0.4) is 0 Å². The van der Waals surface area contributed by atoms with Crippen molar-refractivity contribution in [3.05, 3.63) is 29.3 Å². The number of carbonyl (C=O) groups excluding carboxylic acids is 1. The van der Waals surface area contributed by atoms with Crippen molar-refractivity contribution >= 4 is 18.5 Å². The zero-order chi connectivity index (χ0) is 13.0. The van der Waals surface area contributed by atoms with Crippen LogP contribution in [0.2, 0.25) is 0 Å². The molecule has 2 N–H and O–H groups in total. The van der Waals surface area contributed by atoms with Crippen LogP contribution in [0.15, 0.2) is 23.1 Å². The summed E-state index contributed by atoms with van der Waals surface area (Å²) in [5.74, 6) is -0.00479. The van der Waals surface area contributed by atoms with Gasteiger partial charge in [0.15, 0.2) is 0 Å². The molecule has 1 amide bonds. The van der Waals surface area contributed by atoms with Gasteiger partial charge in [0.1, 0.15) is 0 Å². The molecule has 2 rings (SSSR count). The Kier molecular flexibility index (Phi) is 4.66. The van der Waals surface area contributed by atoms with Crippen molar-refractivity contribution in [2.24, 2.45) is 0 Å². The molecule has 18 heavy (non-hydrogen) atoms. The molecule has 0 heterocycles. The molecule has 1 aromatic carbocycles. The topological polar surface area (TPSA) is 41.1 Å². The molecule has 0 saturated heterocycles. The van der Waals surface area contributed by atoms with Crippen LogP contribution in [0.25, 0.3) is 0 Å². The number of benzene rings is 1. The van der Waals surface area contributed by atoms with Crippen LogP contribution in [0.1, 0.15) is 35.2 Å². The SMILES string of the molecule is Cc1ccc(S)cc1C(=O)NCCCNC1CC1. The van der Waals surface area contributed by atoms with Crippen molar-refractivity contribution in [2.45, 2.75) is 37.1 Å². The Balaban J connectivity index is 1.74. The van der Waals surface area contributed by atoms with Crippen LogP contribution < -0.4 is 10.6 Å². The van der Waals surface area contributed by atoms with Gasteiger partial charge in [-0.05, 0) is 50.4 Å². The minimum Gasteiger partial charge on any atom is -0.352 e. The van der Waals surface area contributed by atoms with E-state index < -0.39 is 0 Å². The first-order valence-corrected chi connectivity index (χ1v) is 6.93. The third-order valence-electron chi connectivity index (χ3n) is 3.12. The molecule has 0 unspecified atom stereocenters. The van der Waals surface area contributed by atoms with Crippen molar-refractivity contribution < 1.29 is 4.79 Å². The first-order valence-electron chi connectivity index (χ1n) is 6.48. The molecule has 4 heteroatoms. The second-order valence-electron chi connectivity index (χ2n) is 4.84. The Morgan fingerprint density at radius 2 is 2.17 bits per heavy atom. The van der Waals surface area contributed by atoms with E-state index in [2.05, 4.69) is 23.3 Å². The maximum Gasteiger partial charge on any atom is 0.251 e. The summed E-state index contributed by atoms with van der Waals surface area (Å²) in [7, 11) is 0. The van der Waals surface area contributed by atoms with E-state index in [1.165, 1.54) is 12.8 Å². The number of aryl methyl sites for hydroxylation is 1. The second kappa shape index (κ2) is 6.25. The second-order valence-corrected chi connectivity index (χ2v) is 5.35. The van der Waals surface area contributed by atoms with Gasteiger partial charge in [-0.15, -0.1) is 12.6 Å². The largest absolute Gasteiger partial charge is 0.352 e. The molecule has 1 saturated carbocycles. The van der Waals surface area contributed by atoms with E-state index in [9.17, 15) is 4.79 Å². The highest BCUT2D eigenvalue weighted by molar-refractivity contribution is 7.80. The number of hydrogen-bond donors (Lipinski definition) is 3. The third kappa shape index (κ3) is 4.03. The molecule has 0 radical (unpaired) electrons. The number of nitrogens with one attached hydrogen (secondary N) is 2. The van der Waals surface area contributed by atoms with Gasteiger partial charge in [-0.1, -0.05) is 6.07 Å². The Morgan fingerprint density at radius 1 is 1.39 bits per heavy atom. The normalized spacial score (nSPS) is 14.6. The molecule has 1 aliphatic carbocycles. The van der Waals surface area contributed by atoms with E-state index >= 15 is 0 Å². The molecule has 0 spiro atoms. The van der Waals surface area contributed by atoms with Crippen molar-refractivity contribution in [3.63, 3.8) is 0 Å². The van der Waals surface area contributed by atoms with Crippen LogP contribution >= 0.6 is 12.6 Å². The van der Waals surface area contributed by atoms with Gasteiger partial charge in [-0.25, -0.2) is 0 Å². The monoisotopic (exact) mass is 264 g/mol. The Hall–Kier alpha value is -1.00. The summed E-state index contributed by atoms with van der Waals surface area (Å²) >= 11 is 4.26. The average molecular weight is 264 g/mol. The zero-order valence-corrected chi connectivity index (χ0v) is 11.6. The number of hydrogen-bond acceptors (Lipinski definition) is 3. The molecule has 1 aromatic rings.